The maximum Gasteiger partial charge on any atom is 0.336 e. The van der Waals surface area contributed by atoms with Crippen molar-refractivity contribution >= 4 is 69.8 Å². The van der Waals surface area contributed by atoms with E-state index in [1.807, 2.05) is 24.3 Å². The first-order valence-corrected chi connectivity index (χ1v) is 20.9. The number of para-hydroxylation sites is 2. The number of ketones is 2. The first kappa shape index (κ1) is 40.1. The standard InChI is InChI=1S/C48H42N2O6S2/c1-5-27-15-13-16-28(6-2)43(27)49-35-23-24-36(50-44-29(7-3)17-14-18-30(44)8-4)42-41(35)45(51)33-25-39(57-37-21-11-9-19-31(37)47(53)54)40(26-34(33)46(42)52)58-38-22-12-10-20-32(38)48(55)56/h9-26,49-50H,5-8H2,1-4H3,(H,53,54)(H,55,56). The number of carboxylic acid groups (broad SMARTS) is 2. The average Bonchev–Trinajstić information content (AvgIpc) is 3.23. The van der Waals surface area contributed by atoms with E-state index in [9.17, 15) is 19.8 Å². The van der Waals surface area contributed by atoms with Crippen molar-refractivity contribution in [1.29, 1.82) is 0 Å². The fourth-order valence-electron chi connectivity index (χ4n) is 7.42. The molecule has 7 rings (SSSR count). The SMILES string of the molecule is CCc1cccc(CC)c1Nc1ccc(Nc2c(CC)cccc2CC)c2c1C(=O)c1cc(Sc3ccccc3C(=O)O)c(Sc3ccccc3C(=O)O)cc1C2=O. The fourth-order valence-corrected chi connectivity index (χ4v) is 9.64. The number of hydrogen-bond acceptors (Lipinski definition) is 8. The Morgan fingerprint density at radius 3 is 1.16 bits per heavy atom. The molecule has 0 unspecified atom stereocenters. The summed E-state index contributed by atoms with van der Waals surface area (Å²) in [5.41, 5.74) is 8.07. The second-order valence-electron chi connectivity index (χ2n) is 13.8. The van der Waals surface area contributed by atoms with Crippen LogP contribution in [-0.2, 0) is 25.7 Å². The summed E-state index contributed by atoms with van der Waals surface area (Å²) in [6.45, 7) is 8.32. The van der Waals surface area contributed by atoms with Gasteiger partial charge in [0.25, 0.3) is 0 Å². The Balaban J connectivity index is 1.46. The Morgan fingerprint density at radius 1 is 0.483 bits per heavy atom. The van der Waals surface area contributed by atoms with E-state index in [2.05, 4.69) is 62.6 Å². The highest BCUT2D eigenvalue weighted by Gasteiger charge is 2.36. The van der Waals surface area contributed by atoms with Crippen LogP contribution in [0.1, 0.15) is 103 Å². The molecule has 0 saturated heterocycles. The minimum atomic E-state index is -1.11. The van der Waals surface area contributed by atoms with Crippen LogP contribution >= 0.6 is 23.5 Å². The van der Waals surface area contributed by atoms with Crippen LogP contribution < -0.4 is 10.6 Å². The minimum Gasteiger partial charge on any atom is -0.478 e. The molecule has 0 spiro atoms. The molecule has 0 atom stereocenters. The zero-order valence-corrected chi connectivity index (χ0v) is 34.2. The molecule has 0 radical (unpaired) electrons. The molecule has 1 aliphatic carbocycles. The van der Waals surface area contributed by atoms with Crippen LogP contribution in [0.5, 0.6) is 0 Å². The Bertz CT molecular complexity index is 2410. The monoisotopic (exact) mass is 806 g/mol. The topological polar surface area (TPSA) is 133 Å². The normalized spacial score (nSPS) is 11.9. The number of carbonyl (C=O) groups excluding carboxylic acids is 2. The van der Waals surface area contributed by atoms with E-state index in [1.165, 1.54) is 12.1 Å². The Hall–Kier alpha value is -6.10. The maximum absolute atomic E-state index is 15.2. The zero-order valence-electron chi connectivity index (χ0n) is 32.6. The van der Waals surface area contributed by atoms with E-state index in [0.717, 1.165) is 82.8 Å². The molecule has 58 heavy (non-hydrogen) atoms. The van der Waals surface area contributed by atoms with Gasteiger partial charge in [0.2, 0.25) is 0 Å². The largest absolute Gasteiger partial charge is 0.478 e. The highest BCUT2D eigenvalue weighted by Crippen LogP contribution is 2.46. The number of carbonyl (C=O) groups is 4. The second-order valence-corrected chi connectivity index (χ2v) is 16.0. The molecule has 292 valence electrons. The highest BCUT2D eigenvalue weighted by molar-refractivity contribution is 8.02. The van der Waals surface area contributed by atoms with Crippen molar-refractivity contribution in [3.63, 3.8) is 0 Å². The van der Waals surface area contributed by atoms with Gasteiger partial charge in [-0.05, 0) is 96.5 Å². The van der Waals surface area contributed by atoms with E-state index in [-0.39, 0.29) is 44.9 Å². The summed E-state index contributed by atoms with van der Waals surface area (Å²) in [6, 6.07) is 32.4. The van der Waals surface area contributed by atoms with E-state index in [0.29, 0.717) is 31.0 Å². The van der Waals surface area contributed by atoms with Crippen LogP contribution in [0.2, 0.25) is 0 Å². The maximum atomic E-state index is 15.2. The summed E-state index contributed by atoms with van der Waals surface area (Å²) in [5.74, 6) is -2.95. The number of nitrogens with one attached hydrogen (secondary N) is 2. The summed E-state index contributed by atoms with van der Waals surface area (Å²) >= 11 is 2.30. The van der Waals surface area contributed by atoms with Gasteiger partial charge >= 0.3 is 11.9 Å². The molecule has 6 aromatic carbocycles. The lowest BCUT2D eigenvalue weighted by atomic mass is 9.82. The number of aryl methyl sites for hydroxylation is 4. The van der Waals surface area contributed by atoms with Crippen LogP contribution in [0, 0.1) is 0 Å². The predicted octanol–water partition coefficient (Wildman–Crippen LogP) is 11.9. The van der Waals surface area contributed by atoms with Crippen LogP contribution in [0.4, 0.5) is 22.7 Å². The van der Waals surface area contributed by atoms with E-state index < -0.39 is 11.9 Å². The van der Waals surface area contributed by atoms with Gasteiger partial charge in [-0.1, -0.05) is 112 Å². The molecule has 0 aromatic heterocycles. The van der Waals surface area contributed by atoms with Gasteiger partial charge in [0.15, 0.2) is 11.6 Å². The summed E-state index contributed by atoms with van der Waals surface area (Å²) in [7, 11) is 0. The summed E-state index contributed by atoms with van der Waals surface area (Å²) in [6.07, 6.45) is 3.02. The third-order valence-corrected chi connectivity index (χ3v) is 12.8. The van der Waals surface area contributed by atoms with Gasteiger partial charge in [-0.2, -0.15) is 0 Å². The van der Waals surface area contributed by atoms with Crippen molar-refractivity contribution in [3.05, 3.63) is 165 Å². The molecule has 0 aliphatic heterocycles. The second kappa shape index (κ2) is 17.2. The van der Waals surface area contributed by atoms with Crippen molar-refractivity contribution in [2.75, 3.05) is 10.6 Å². The summed E-state index contributed by atoms with van der Waals surface area (Å²) < 4.78 is 0. The van der Waals surface area contributed by atoms with Crippen LogP contribution in [-0.4, -0.2) is 33.7 Å². The molecule has 8 nitrogen and oxygen atoms in total. The van der Waals surface area contributed by atoms with Crippen molar-refractivity contribution in [1.82, 2.24) is 0 Å². The highest BCUT2D eigenvalue weighted by atomic mass is 32.2. The fraction of sp³-hybridized carbons (Fsp3) is 0.167. The number of benzene rings is 6. The van der Waals surface area contributed by atoms with E-state index in [1.54, 1.807) is 48.5 Å². The third-order valence-electron chi connectivity index (χ3n) is 10.4. The van der Waals surface area contributed by atoms with Gasteiger partial charge in [-0.3, -0.25) is 9.59 Å². The summed E-state index contributed by atoms with van der Waals surface area (Å²) in [4.78, 5) is 56.9. The van der Waals surface area contributed by atoms with Crippen molar-refractivity contribution < 1.29 is 29.4 Å². The smallest absolute Gasteiger partial charge is 0.336 e. The number of aromatic carboxylic acids is 2. The van der Waals surface area contributed by atoms with Crippen molar-refractivity contribution in [2.24, 2.45) is 0 Å². The Labute approximate surface area is 346 Å². The minimum absolute atomic E-state index is 0.0715. The molecule has 4 N–H and O–H groups in total. The number of anilines is 4. The van der Waals surface area contributed by atoms with Gasteiger partial charge in [0.05, 0.1) is 33.6 Å². The number of carboxylic acids is 2. The van der Waals surface area contributed by atoms with Gasteiger partial charge in [0.1, 0.15) is 0 Å². The van der Waals surface area contributed by atoms with Crippen LogP contribution in [0.3, 0.4) is 0 Å². The number of hydrogen-bond donors (Lipinski definition) is 4. The third kappa shape index (κ3) is 7.65. The lowest BCUT2D eigenvalue weighted by Crippen LogP contribution is -2.24. The Kier molecular flexibility index (Phi) is 11.9. The molecular weight excluding hydrogens is 765 g/mol. The average molecular weight is 807 g/mol. The van der Waals surface area contributed by atoms with Crippen molar-refractivity contribution in [2.45, 2.75) is 73.0 Å². The first-order valence-electron chi connectivity index (χ1n) is 19.3. The lowest BCUT2D eigenvalue weighted by Gasteiger charge is -2.27. The van der Waals surface area contributed by atoms with Gasteiger partial charge < -0.3 is 20.8 Å². The van der Waals surface area contributed by atoms with Gasteiger partial charge in [-0.15, -0.1) is 0 Å². The van der Waals surface area contributed by atoms with Gasteiger partial charge in [0, 0.05) is 42.1 Å². The molecule has 1 aliphatic rings. The quantitative estimate of drug-likeness (QED) is 0.0842. The molecule has 0 heterocycles. The number of rotatable bonds is 14. The Morgan fingerprint density at radius 2 is 0.828 bits per heavy atom. The molecule has 0 amide bonds. The zero-order chi connectivity index (χ0) is 41.1. The van der Waals surface area contributed by atoms with Crippen molar-refractivity contribution in [3.8, 4) is 0 Å². The van der Waals surface area contributed by atoms with Gasteiger partial charge in [-0.25, -0.2) is 9.59 Å². The predicted molar refractivity (Wildman–Crippen MR) is 232 cm³/mol. The summed E-state index contributed by atoms with van der Waals surface area (Å²) in [5, 5.41) is 27.3. The molecule has 0 fully saturated rings. The molecular formula is C48H42N2O6S2. The molecule has 0 bridgehead atoms. The molecule has 6 aromatic rings. The molecule has 0 saturated carbocycles. The molecule has 10 heteroatoms. The van der Waals surface area contributed by atoms with E-state index in [4.69, 9.17) is 0 Å². The number of fused-ring (bicyclic) bond motifs is 2. The first-order chi connectivity index (χ1) is 28.1. The van der Waals surface area contributed by atoms with Crippen LogP contribution in [0.15, 0.2) is 129 Å². The van der Waals surface area contributed by atoms with Crippen LogP contribution in [0.25, 0.3) is 0 Å². The van der Waals surface area contributed by atoms with E-state index >= 15 is 9.59 Å². The lowest BCUT2D eigenvalue weighted by molar-refractivity contribution is 0.0682.